The minimum atomic E-state index is -0.595. The Kier molecular flexibility index (Phi) is 5.32. The maximum Gasteiger partial charge on any atom is 0.345 e. The highest BCUT2D eigenvalue weighted by Crippen LogP contribution is 2.27. The molecule has 0 aliphatic rings. The van der Waals surface area contributed by atoms with Gasteiger partial charge in [0.25, 0.3) is 0 Å². The van der Waals surface area contributed by atoms with E-state index in [1.165, 1.54) is 11.3 Å². The summed E-state index contributed by atoms with van der Waals surface area (Å²) in [6.07, 6.45) is 1.59. The van der Waals surface area contributed by atoms with E-state index >= 15 is 0 Å². The van der Waals surface area contributed by atoms with E-state index in [0.717, 1.165) is 14.6 Å². The summed E-state index contributed by atoms with van der Waals surface area (Å²) in [5.74, 6) is -0.595. The first kappa shape index (κ1) is 18.5. The van der Waals surface area contributed by atoms with Gasteiger partial charge in [0.05, 0.1) is 23.0 Å². The van der Waals surface area contributed by atoms with Crippen LogP contribution in [0.4, 0.5) is 5.69 Å². The Hall–Kier alpha value is -2.83. The summed E-state index contributed by atoms with van der Waals surface area (Å²) in [5.41, 5.74) is 1.77. The molecule has 5 nitrogen and oxygen atoms in total. The second-order valence-corrected chi connectivity index (χ2v) is 7.94. The molecule has 0 fully saturated rings. The molecule has 2 aromatic carbocycles. The van der Waals surface area contributed by atoms with E-state index in [2.05, 4.69) is 38.6 Å². The summed E-state index contributed by atoms with van der Waals surface area (Å²) >= 11 is 3.52. The van der Waals surface area contributed by atoms with Crippen molar-refractivity contribution in [1.29, 1.82) is 5.26 Å². The van der Waals surface area contributed by atoms with Gasteiger partial charge >= 0.3 is 5.63 Å². The van der Waals surface area contributed by atoms with E-state index in [1.54, 1.807) is 23.7 Å². The molecule has 0 saturated carbocycles. The van der Waals surface area contributed by atoms with E-state index in [9.17, 15) is 10.1 Å². The lowest BCUT2D eigenvalue weighted by molar-refractivity contribution is 0.563. The SMILES string of the molecule is N#CC(C=Nc1ccccc1I)c1nc(-c2cc3ccccc3oc2=O)cs1. The molecule has 0 radical (unpaired) electrons. The molecule has 0 N–H and O–H groups in total. The van der Waals surface area contributed by atoms with Crippen LogP contribution in [0.25, 0.3) is 22.2 Å². The minimum absolute atomic E-state index is 0.382. The molecule has 4 aromatic rings. The number of aliphatic imine (C=N–C) groups is 1. The number of rotatable bonds is 4. The third-order valence-electron chi connectivity index (χ3n) is 4.06. The summed E-state index contributed by atoms with van der Waals surface area (Å²) in [4.78, 5) is 21.3. The van der Waals surface area contributed by atoms with Gasteiger partial charge in [-0.3, -0.25) is 4.99 Å². The van der Waals surface area contributed by atoms with Crippen molar-refractivity contribution in [3.05, 3.63) is 79.0 Å². The summed E-state index contributed by atoms with van der Waals surface area (Å²) in [7, 11) is 0. The van der Waals surface area contributed by atoms with Crippen LogP contribution in [0.15, 0.2) is 74.2 Å². The fraction of sp³-hybridized carbons (Fsp3) is 0.0476. The fourth-order valence-electron chi connectivity index (χ4n) is 2.66. The quantitative estimate of drug-likeness (QED) is 0.211. The maximum absolute atomic E-state index is 12.3. The lowest BCUT2D eigenvalue weighted by atomic mass is 10.1. The van der Waals surface area contributed by atoms with Gasteiger partial charge < -0.3 is 4.42 Å². The highest BCUT2D eigenvalue weighted by atomic mass is 127. The molecule has 0 aliphatic heterocycles. The van der Waals surface area contributed by atoms with Crippen molar-refractivity contribution in [3.63, 3.8) is 0 Å². The van der Waals surface area contributed by atoms with Crippen LogP contribution in [0.2, 0.25) is 0 Å². The third kappa shape index (κ3) is 3.74. The van der Waals surface area contributed by atoms with Crippen molar-refractivity contribution in [2.24, 2.45) is 4.99 Å². The topological polar surface area (TPSA) is 79.2 Å². The van der Waals surface area contributed by atoms with Crippen LogP contribution in [0.1, 0.15) is 10.9 Å². The normalized spacial score (nSPS) is 12.3. The number of hydrogen-bond acceptors (Lipinski definition) is 6. The number of halogens is 1. The molecule has 1 atom stereocenters. The van der Waals surface area contributed by atoms with Gasteiger partial charge in [0.1, 0.15) is 16.5 Å². The number of aromatic nitrogens is 1. The van der Waals surface area contributed by atoms with Crippen molar-refractivity contribution in [2.75, 3.05) is 0 Å². The van der Waals surface area contributed by atoms with Crippen molar-refractivity contribution >= 4 is 56.8 Å². The van der Waals surface area contributed by atoms with Crippen molar-refractivity contribution in [3.8, 4) is 17.3 Å². The molecule has 0 bridgehead atoms. The van der Waals surface area contributed by atoms with Crippen LogP contribution in [-0.2, 0) is 0 Å². The Labute approximate surface area is 178 Å². The zero-order valence-corrected chi connectivity index (χ0v) is 17.3. The van der Waals surface area contributed by atoms with Crippen molar-refractivity contribution < 1.29 is 4.42 Å². The molecule has 0 amide bonds. The second kappa shape index (κ2) is 8.04. The van der Waals surface area contributed by atoms with E-state index < -0.39 is 11.5 Å². The summed E-state index contributed by atoms with van der Waals surface area (Å²) < 4.78 is 6.38. The van der Waals surface area contributed by atoms with Gasteiger partial charge in [-0.1, -0.05) is 30.3 Å². The predicted molar refractivity (Wildman–Crippen MR) is 119 cm³/mol. The fourth-order valence-corrected chi connectivity index (χ4v) is 4.01. The van der Waals surface area contributed by atoms with E-state index in [1.807, 2.05) is 42.5 Å². The molecular weight excluding hydrogens is 485 g/mol. The van der Waals surface area contributed by atoms with Crippen molar-refractivity contribution in [1.82, 2.24) is 4.98 Å². The number of fused-ring (bicyclic) bond motifs is 1. The van der Waals surface area contributed by atoms with Gasteiger partial charge in [-0.2, -0.15) is 5.26 Å². The first-order chi connectivity index (χ1) is 13.7. The van der Waals surface area contributed by atoms with Gasteiger partial charge in [0.15, 0.2) is 0 Å². The van der Waals surface area contributed by atoms with E-state index in [4.69, 9.17) is 4.42 Å². The van der Waals surface area contributed by atoms with Crippen LogP contribution < -0.4 is 5.63 Å². The highest BCUT2D eigenvalue weighted by molar-refractivity contribution is 14.1. The largest absolute Gasteiger partial charge is 0.422 e. The van der Waals surface area contributed by atoms with E-state index in [-0.39, 0.29) is 0 Å². The minimum Gasteiger partial charge on any atom is -0.422 e. The predicted octanol–water partition coefficient (Wildman–Crippen LogP) is 5.53. The molecule has 1 unspecified atom stereocenters. The Morgan fingerprint density at radius 1 is 1.21 bits per heavy atom. The zero-order valence-electron chi connectivity index (χ0n) is 14.4. The van der Waals surface area contributed by atoms with Crippen LogP contribution in [0.3, 0.4) is 0 Å². The first-order valence-corrected chi connectivity index (χ1v) is 10.3. The summed E-state index contributed by atoms with van der Waals surface area (Å²) in [6, 6.07) is 19.0. The van der Waals surface area contributed by atoms with Crippen LogP contribution >= 0.6 is 33.9 Å². The molecule has 0 spiro atoms. The standard InChI is InChI=1S/C21H12IN3O2S/c22-16-6-2-3-7-17(16)24-11-14(10-23)20-25-18(12-28-20)15-9-13-5-1-4-8-19(13)27-21(15)26/h1-9,11-12,14H. The third-order valence-corrected chi connectivity index (χ3v) is 5.90. The van der Waals surface area contributed by atoms with Gasteiger partial charge in [-0.05, 0) is 46.9 Å². The van der Waals surface area contributed by atoms with Crippen LogP contribution in [0.5, 0.6) is 0 Å². The Balaban J connectivity index is 1.67. The Bertz CT molecular complexity index is 1290. The lowest BCUT2D eigenvalue weighted by Gasteiger charge is -2.01. The van der Waals surface area contributed by atoms with Gasteiger partial charge in [0, 0.05) is 20.6 Å². The number of nitriles is 1. The number of para-hydroxylation sites is 2. The Morgan fingerprint density at radius 2 is 2.00 bits per heavy atom. The van der Waals surface area contributed by atoms with Crippen LogP contribution in [-0.4, -0.2) is 11.2 Å². The maximum atomic E-state index is 12.3. The molecule has 7 heteroatoms. The molecule has 4 rings (SSSR count). The summed E-state index contributed by atoms with van der Waals surface area (Å²) in [6.45, 7) is 0. The zero-order chi connectivity index (χ0) is 19.5. The molecule has 28 heavy (non-hydrogen) atoms. The lowest BCUT2D eigenvalue weighted by Crippen LogP contribution is -2.03. The average Bonchev–Trinajstić information content (AvgIpc) is 3.19. The molecule has 2 aromatic heterocycles. The summed E-state index contributed by atoms with van der Waals surface area (Å²) in [5, 5.41) is 12.7. The average molecular weight is 497 g/mol. The first-order valence-electron chi connectivity index (χ1n) is 8.33. The molecule has 0 saturated heterocycles. The number of benzene rings is 2. The number of nitrogens with zero attached hydrogens (tertiary/aromatic N) is 3. The number of thiazole rings is 1. The second-order valence-electron chi connectivity index (χ2n) is 5.89. The van der Waals surface area contributed by atoms with Gasteiger partial charge in [-0.15, -0.1) is 11.3 Å². The van der Waals surface area contributed by atoms with Gasteiger partial charge in [0.2, 0.25) is 0 Å². The monoisotopic (exact) mass is 497 g/mol. The molecule has 136 valence electrons. The highest BCUT2D eigenvalue weighted by Gasteiger charge is 2.16. The Morgan fingerprint density at radius 3 is 2.82 bits per heavy atom. The van der Waals surface area contributed by atoms with Crippen molar-refractivity contribution in [2.45, 2.75) is 5.92 Å². The van der Waals surface area contributed by atoms with Gasteiger partial charge in [-0.25, -0.2) is 9.78 Å². The smallest absolute Gasteiger partial charge is 0.345 e. The molecule has 2 heterocycles. The number of hydrogen-bond donors (Lipinski definition) is 0. The molecule has 0 aliphatic carbocycles. The molecular formula is C21H12IN3O2S. The van der Waals surface area contributed by atoms with Crippen LogP contribution in [0, 0.1) is 14.9 Å². The van der Waals surface area contributed by atoms with E-state index in [0.29, 0.717) is 21.8 Å².